The molecule has 1 unspecified atom stereocenters. The molecule has 33 heavy (non-hydrogen) atoms. The summed E-state index contributed by atoms with van der Waals surface area (Å²) < 4.78 is 7.34. The van der Waals surface area contributed by atoms with Gasteiger partial charge in [0.05, 0.1) is 17.9 Å². The number of piperazine rings is 1. The van der Waals surface area contributed by atoms with Crippen molar-refractivity contribution in [2.45, 2.75) is 46.3 Å². The summed E-state index contributed by atoms with van der Waals surface area (Å²) in [5.74, 6) is 0.752. The first kappa shape index (κ1) is 23.6. The minimum atomic E-state index is -0.509. The Morgan fingerprint density at radius 2 is 1.85 bits per heavy atom. The fraction of sp³-hybridized carbons (Fsp3) is 0.478. The summed E-state index contributed by atoms with van der Waals surface area (Å²) in [7, 11) is 0. The summed E-state index contributed by atoms with van der Waals surface area (Å²) in [6, 6.07) is 5.30. The largest absolute Gasteiger partial charge is 0.444 e. The van der Waals surface area contributed by atoms with E-state index in [4.69, 9.17) is 38.0 Å². The third-order valence-electron chi connectivity index (χ3n) is 5.59. The number of amides is 1. The number of carbonyl (C=O) groups excluding carboxylic acids is 1. The van der Waals surface area contributed by atoms with Crippen molar-refractivity contribution < 1.29 is 9.53 Å². The number of benzene rings is 1. The van der Waals surface area contributed by atoms with Crippen LogP contribution in [0.15, 0.2) is 24.4 Å². The minimum Gasteiger partial charge on any atom is -0.444 e. The summed E-state index contributed by atoms with van der Waals surface area (Å²) >= 11 is 12.5. The highest BCUT2D eigenvalue weighted by molar-refractivity contribution is 6.35. The standard InChI is InChI=1S/C23H28Cl2N6O2/c1-14-20-21(31(28-14)15(2)17-7-6-16(24)12-18(17)25)27-19(13-26-20)29-8-10-30(11-9-29)22(32)33-23(3,4)5/h6-7,12-13,15H,8-11H2,1-5H3. The number of nitrogens with zero attached hydrogens (tertiary/aromatic N) is 6. The fourth-order valence-corrected chi connectivity index (χ4v) is 4.45. The average Bonchev–Trinajstić information content (AvgIpc) is 3.08. The lowest BCUT2D eigenvalue weighted by atomic mass is 10.1. The molecule has 0 N–H and O–H groups in total. The van der Waals surface area contributed by atoms with Gasteiger partial charge < -0.3 is 14.5 Å². The molecule has 0 bridgehead atoms. The lowest BCUT2D eigenvalue weighted by Crippen LogP contribution is -2.50. The Morgan fingerprint density at radius 3 is 2.48 bits per heavy atom. The Kier molecular flexibility index (Phi) is 6.42. The highest BCUT2D eigenvalue weighted by Gasteiger charge is 2.27. The van der Waals surface area contributed by atoms with Crippen LogP contribution in [0.25, 0.3) is 11.2 Å². The van der Waals surface area contributed by atoms with Gasteiger partial charge in [-0.25, -0.2) is 19.4 Å². The first-order valence-electron chi connectivity index (χ1n) is 10.9. The predicted octanol–water partition coefficient (Wildman–Crippen LogP) is 5.11. The summed E-state index contributed by atoms with van der Waals surface area (Å²) in [5.41, 5.74) is 2.64. The smallest absolute Gasteiger partial charge is 0.410 e. The minimum absolute atomic E-state index is 0.153. The number of ether oxygens (including phenoxy) is 1. The predicted molar refractivity (Wildman–Crippen MR) is 130 cm³/mol. The Morgan fingerprint density at radius 1 is 1.15 bits per heavy atom. The Hall–Kier alpha value is -2.58. The third-order valence-corrected chi connectivity index (χ3v) is 6.16. The Bertz CT molecular complexity index is 1180. The van der Waals surface area contributed by atoms with Crippen LogP contribution in [0.1, 0.15) is 45.0 Å². The Balaban J connectivity index is 1.57. The van der Waals surface area contributed by atoms with E-state index in [2.05, 4.69) is 9.88 Å². The summed E-state index contributed by atoms with van der Waals surface area (Å²) in [6.45, 7) is 12.0. The van der Waals surface area contributed by atoms with Crippen LogP contribution in [0.3, 0.4) is 0 Å². The second-order valence-electron chi connectivity index (χ2n) is 9.23. The highest BCUT2D eigenvalue weighted by atomic mass is 35.5. The van der Waals surface area contributed by atoms with Crippen molar-refractivity contribution in [3.8, 4) is 0 Å². The van der Waals surface area contributed by atoms with Crippen LogP contribution in [0.4, 0.5) is 10.6 Å². The first-order valence-corrected chi connectivity index (χ1v) is 11.7. The van der Waals surface area contributed by atoms with E-state index in [1.54, 1.807) is 17.2 Å². The molecular formula is C23H28Cl2N6O2. The van der Waals surface area contributed by atoms with Crippen molar-refractivity contribution in [1.29, 1.82) is 0 Å². The first-order chi connectivity index (χ1) is 15.5. The average molecular weight is 491 g/mol. The van der Waals surface area contributed by atoms with Crippen LogP contribution in [0.2, 0.25) is 10.0 Å². The van der Waals surface area contributed by atoms with Gasteiger partial charge in [-0.05, 0) is 52.3 Å². The third kappa shape index (κ3) is 5.01. The Labute approximate surface area is 203 Å². The lowest BCUT2D eigenvalue weighted by Gasteiger charge is -2.36. The van der Waals surface area contributed by atoms with Gasteiger partial charge >= 0.3 is 6.09 Å². The molecule has 10 heteroatoms. The van der Waals surface area contributed by atoms with Crippen molar-refractivity contribution in [3.05, 3.63) is 45.7 Å². The maximum absolute atomic E-state index is 12.4. The molecule has 1 saturated heterocycles. The maximum atomic E-state index is 12.4. The molecule has 2 aromatic heterocycles. The number of aryl methyl sites for hydroxylation is 1. The van der Waals surface area contributed by atoms with Gasteiger partial charge in [0.1, 0.15) is 16.9 Å². The van der Waals surface area contributed by atoms with Crippen molar-refractivity contribution in [2.24, 2.45) is 0 Å². The molecule has 3 aromatic rings. The summed E-state index contributed by atoms with van der Waals surface area (Å²) in [6.07, 6.45) is 1.48. The quantitative estimate of drug-likeness (QED) is 0.507. The van der Waals surface area contributed by atoms with E-state index < -0.39 is 5.60 Å². The van der Waals surface area contributed by atoms with Gasteiger partial charge in [0.25, 0.3) is 0 Å². The van der Waals surface area contributed by atoms with Gasteiger partial charge in [0.15, 0.2) is 5.65 Å². The molecule has 0 aliphatic carbocycles. The number of aromatic nitrogens is 4. The van der Waals surface area contributed by atoms with Crippen LogP contribution in [-0.4, -0.2) is 62.5 Å². The summed E-state index contributed by atoms with van der Waals surface area (Å²) in [4.78, 5) is 25.8. The van der Waals surface area contributed by atoms with Gasteiger partial charge in [-0.2, -0.15) is 5.10 Å². The number of hydrogen-bond donors (Lipinski definition) is 0. The molecule has 0 spiro atoms. The van der Waals surface area contributed by atoms with E-state index in [-0.39, 0.29) is 12.1 Å². The van der Waals surface area contributed by atoms with E-state index in [0.29, 0.717) is 41.9 Å². The van der Waals surface area contributed by atoms with E-state index in [1.165, 1.54) is 0 Å². The van der Waals surface area contributed by atoms with E-state index in [0.717, 1.165) is 22.6 Å². The molecule has 1 aliphatic heterocycles. The molecule has 1 aliphatic rings. The van der Waals surface area contributed by atoms with Gasteiger partial charge in [-0.15, -0.1) is 0 Å². The van der Waals surface area contributed by atoms with Crippen molar-refractivity contribution in [3.63, 3.8) is 0 Å². The normalized spacial score (nSPS) is 15.7. The van der Waals surface area contributed by atoms with Crippen LogP contribution in [-0.2, 0) is 4.74 Å². The zero-order chi connectivity index (χ0) is 23.9. The second-order valence-corrected chi connectivity index (χ2v) is 10.1. The maximum Gasteiger partial charge on any atom is 0.410 e. The fourth-order valence-electron chi connectivity index (χ4n) is 3.88. The highest BCUT2D eigenvalue weighted by Crippen LogP contribution is 2.31. The van der Waals surface area contributed by atoms with Crippen molar-refractivity contribution in [1.82, 2.24) is 24.6 Å². The SMILES string of the molecule is Cc1nn(C(C)c2ccc(Cl)cc2Cl)c2nc(N3CCN(C(=O)OC(C)(C)C)CC3)cnc12. The molecule has 8 nitrogen and oxygen atoms in total. The van der Waals surface area contributed by atoms with Crippen molar-refractivity contribution >= 4 is 46.3 Å². The number of halogens is 2. The zero-order valence-electron chi connectivity index (χ0n) is 19.5. The molecular weight excluding hydrogens is 463 g/mol. The van der Waals surface area contributed by atoms with Crippen molar-refractivity contribution in [2.75, 3.05) is 31.1 Å². The molecule has 4 rings (SSSR count). The molecule has 0 radical (unpaired) electrons. The van der Waals surface area contributed by atoms with E-state index in [1.807, 2.05) is 51.4 Å². The number of anilines is 1. The molecule has 176 valence electrons. The molecule has 3 heterocycles. The molecule has 1 aromatic carbocycles. The monoisotopic (exact) mass is 490 g/mol. The number of carbonyl (C=O) groups is 1. The number of rotatable bonds is 3. The van der Waals surface area contributed by atoms with E-state index >= 15 is 0 Å². The number of fused-ring (bicyclic) bond motifs is 1. The van der Waals surface area contributed by atoms with Crippen LogP contribution < -0.4 is 4.90 Å². The molecule has 1 amide bonds. The van der Waals surface area contributed by atoms with Gasteiger partial charge in [-0.3, -0.25) is 0 Å². The van der Waals surface area contributed by atoms with E-state index in [9.17, 15) is 4.79 Å². The van der Waals surface area contributed by atoms with Gasteiger partial charge in [-0.1, -0.05) is 29.3 Å². The summed E-state index contributed by atoms with van der Waals surface area (Å²) in [5, 5.41) is 5.87. The second kappa shape index (κ2) is 8.99. The molecule has 0 saturated carbocycles. The zero-order valence-corrected chi connectivity index (χ0v) is 21.0. The van der Waals surface area contributed by atoms with Gasteiger partial charge in [0.2, 0.25) is 0 Å². The molecule has 1 atom stereocenters. The number of hydrogen-bond acceptors (Lipinski definition) is 6. The topological polar surface area (TPSA) is 76.4 Å². The molecule has 1 fully saturated rings. The van der Waals surface area contributed by atoms with Gasteiger partial charge in [0, 0.05) is 36.2 Å². The van der Waals surface area contributed by atoms with Crippen LogP contribution in [0, 0.1) is 6.92 Å². The van der Waals surface area contributed by atoms with Crippen LogP contribution >= 0.6 is 23.2 Å². The van der Waals surface area contributed by atoms with Crippen LogP contribution in [0.5, 0.6) is 0 Å². The lowest BCUT2D eigenvalue weighted by molar-refractivity contribution is 0.0240.